The molecule has 0 fully saturated rings. The van der Waals surface area contributed by atoms with Crippen LogP contribution in [0.15, 0.2) is 42.6 Å². The van der Waals surface area contributed by atoms with E-state index in [-0.39, 0.29) is 17.9 Å². The van der Waals surface area contributed by atoms with E-state index in [0.717, 1.165) is 16.5 Å². The summed E-state index contributed by atoms with van der Waals surface area (Å²) in [4.78, 5) is 29.1. The predicted octanol–water partition coefficient (Wildman–Crippen LogP) is 1.16. The highest BCUT2D eigenvalue weighted by Gasteiger charge is 2.27. The number of nitrogens with one attached hydrogen (secondary N) is 2. The zero-order chi connectivity index (χ0) is 19.5. The second-order valence-corrected chi connectivity index (χ2v) is 6.71. The van der Waals surface area contributed by atoms with E-state index in [1.807, 2.05) is 30.3 Å². The summed E-state index contributed by atoms with van der Waals surface area (Å²) >= 11 is 0. The van der Waals surface area contributed by atoms with Crippen LogP contribution in [0.1, 0.15) is 26.7 Å². The number of ether oxygens (including phenoxy) is 1. The fourth-order valence-corrected chi connectivity index (χ4v) is 3.42. The van der Waals surface area contributed by atoms with Crippen LogP contribution in [-0.4, -0.2) is 52.9 Å². The summed E-state index contributed by atoms with van der Waals surface area (Å²) in [6.45, 7) is 1.42. The lowest BCUT2D eigenvalue weighted by atomic mass is 10.1. The van der Waals surface area contributed by atoms with Crippen LogP contribution < -0.4 is 10.6 Å². The molecule has 1 atom stereocenters. The average Bonchev–Trinajstić information content (AvgIpc) is 3.26. The van der Waals surface area contributed by atoms with E-state index in [9.17, 15) is 9.59 Å². The predicted molar refractivity (Wildman–Crippen MR) is 103 cm³/mol. The van der Waals surface area contributed by atoms with E-state index in [0.29, 0.717) is 37.5 Å². The number of hydrogen-bond donors (Lipinski definition) is 2. The van der Waals surface area contributed by atoms with Crippen molar-refractivity contribution in [3.63, 3.8) is 0 Å². The van der Waals surface area contributed by atoms with Gasteiger partial charge in [-0.1, -0.05) is 24.3 Å². The third kappa shape index (κ3) is 3.59. The molecule has 1 aliphatic heterocycles. The molecule has 3 aromatic rings. The van der Waals surface area contributed by atoms with Gasteiger partial charge in [0.15, 0.2) is 0 Å². The van der Waals surface area contributed by atoms with E-state index in [1.54, 1.807) is 24.1 Å². The molecule has 8 nitrogen and oxygen atoms in total. The molecule has 28 heavy (non-hydrogen) atoms. The SMILES string of the molecule is COCCNC(=O)c1cc2n(n1)CC(NC(=O)c1nccc3ccccc13)C2. The van der Waals surface area contributed by atoms with Gasteiger partial charge < -0.3 is 15.4 Å². The van der Waals surface area contributed by atoms with E-state index in [1.165, 1.54) is 0 Å². The van der Waals surface area contributed by atoms with E-state index in [4.69, 9.17) is 4.74 Å². The number of nitrogens with zero attached hydrogens (tertiary/aromatic N) is 3. The van der Waals surface area contributed by atoms with Crippen LogP contribution in [0.5, 0.6) is 0 Å². The first-order valence-corrected chi connectivity index (χ1v) is 9.14. The Morgan fingerprint density at radius 1 is 1.25 bits per heavy atom. The summed E-state index contributed by atoms with van der Waals surface area (Å²) < 4.78 is 6.69. The number of rotatable bonds is 6. The Bertz CT molecular complexity index is 1000. The van der Waals surface area contributed by atoms with Crippen molar-refractivity contribution in [2.75, 3.05) is 20.3 Å². The number of methoxy groups -OCH3 is 1. The minimum Gasteiger partial charge on any atom is -0.383 e. The maximum atomic E-state index is 12.7. The van der Waals surface area contributed by atoms with Crippen molar-refractivity contribution in [1.29, 1.82) is 0 Å². The fourth-order valence-electron chi connectivity index (χ4n) is 3.42. The first kappa shape index (κ1) is 18.1. The number of amides is 2. The zero-order valence-corrected chi connectivity index (χ0v) is 15.5. The Labute approximate surface area is 161 Å². The number of carbonyl (C=O) groups excluding carboxylic acids is 2. The molecule has 0 saturated heterocycles. The summed E-state index contributed by atoms with van der Waals surface area (Å²) in [5.74, 6) is -0.426. The summed E-state index contributed by atoms with van der Waals surface area (Å²) in [7, 11) is 1.58. The molecular weight excluding hydrogens is 358 g/mol. The summed E-state index contributed by atoms with van der Waals surface area (Å²) in [6.07, 6.45) is 2.26. The van der Waals surface area contributed by atoms with Crippen LogP contribution in [0.2, 0.25) is 0 Å². The van der Waals surface area contributed by atoms with Crippen LogP contribution in [0.25, 0.3) is 10.8 Å². The smallest absolute Gasteiger partial charge is 0.271 e. The van der Waals surface area contributed by atoms with Gasteiger partial charge >= 0.3 is 0 Å². The zero-order valence-electron chi connectivity index (χ0n) is 15.5. The van der Waals surface area contributed by atoms with Gasteiger partial charge in [0.05, 0.1) is 19.2 Å². The van der Waals surface area contributed by atoms with Gasteiger partial charge in [-0.2, -0.15) is 5.10 Å². The molecule has 8 heteroatoms. The lowest BCUT2D eigenvalue weighted by molar-refractivity contribution is 0.0920. The number of carbonyl (C=O) groups is 2. The molecular formula is C20H21N5O3. The Hall–Kier alpha value is -3.26. The average molecular weight is 379 g/mol. The van der Waals surface area contributed by atoms with Crippen molar-refractivity contribution in [3.8, 4) is 0 Å². The monoisotopic (exact) mass is 379 g/mol. The first-order chi connectivity index (χ1) is 13.7. The third-order valence-corrected chi connectivity index (χ3v) is 4.76. The largest absolute Gasteiger partial charge is 0.383 e. The molecule has 144 valence electrons. The van der Waals surface area contributed by atoms with Gasteiger partial charge in [0.1, 0.15) is 11.4 Å². The molecule has 0 bridgehead atoms. The summed E-state index contributed by atoms with van der Waals surface area (Å²) in [6, 6.07) is 11.3. The molecule has 0 aliphatic carbocycles. The number of benzene rings is 1. The van der Waals surface area contributed by atoms with Crippen molar-refractivity contribution >= 4 is 22.6 Å². The van der Waals surface area contributed by atoms with Crippen LogP contribution in [0.3, 0.4) is 0 Å². The highest BCUT2D eigenvalue weighted by molar-refractivity contribution is 6.05. The van der Waals surface area contributed by atoms with Crippen LogP contribution in [-0.2, 0) is 17.7 Å². The van der Waals surface area contributed by atoms with Crippen LogP contribution >= 0.6 is 0 Å². The standard InChI is InChI=1S/C20H21N5O3/c1-28-9-8-22-19(26)17-11-15-10-14(12-25(15)24-17)23-20(27)18-16-5-3-2-4-13(16)6-7-21-18/h2-7,11,14H,8-10,12H2,1H3,(H,22,26)(H,23,27). The fraction of sp³-hybridized carbons (Fsp3) is 0.300. The van der Waals surface area contributed by atoms with Gasteiger partial charge in [-0.15, -0.1) is 0 Å². The topological polar surface area (TPSA) is 98.1 Å². The molecule has 2 N–H and O–H groups in total. The van der Waals surface area contributed by atoms with Gasteiger partial charge in [0.25, 0.3) is 11.8 Å². The van der Waals surface area contributed by atoms with Crippen molar-refractivity contribution < 1.29 is 14.3 Å². The lowest BCUT2D eigenvalue weighted by Gasteiger charge is -2.12. The highest BCUT2D eigenvalue weighted by Crippen LogP contribution is 2.19. The number of hydrogen-bond acceptors (Lipinski definition) is 5. The molecule has 1 unspecified atom stereocenters. The quantitative estimate of drug-likeness (QED) is 0.627. The molecule has 0 saturated carbocycles. The molecule has 4 rings (SSSR count). The van der Waals surface area contributed by atoms with Crippen molar-refractivity contribution in [1.82, 2.24) is 25.4 Å². The van der Waals surface area contributed by atoms with Crippen LogP contribution in [0, 0.1) is 0 Å². The van der Waals surface area contributed by atoms with Gasteiger partial charge in [-0.25, -0.2) is 0 Å². The van der Waals surface area contributed by atoms with Gasteiger partial charge in [-0.3, -0.25) is 19.3 Å². The van der Waals surface area contributed by atoms with Crippen molar-refractivity contribution in [2.45, 2.75) is 19.0 Å². The molecule has 1 aliphatic rings. The molecule has 2 aromatic heterocycles. The minimum absolute atomic E-state index is 0.0821. The number of fused-ring (bicyclic) bond motifs is 2. The Morgan fingerprint density at radius 2 is 2.11 bits per heavy atom. The van der Waals surface area contributed by atoms with Crippen molar-refractivity contribution in [2.24, 2.45) is 0 Å². The Morgan fingerprint density at radius 3 is 2.93 bits per heavy atom. The third-order valence-electron chi connectivity index (χ3n) is 4.76. The number of pyridine rings is 1. The van der Waals surface area contributed by atoms with E-state index < -0.39 is 0 Å². The maximum absolute atomic E-state index is 12.7. The minimum atomic E-state index is -0.223. The Balaban J connectivity index is 1.41. The Kier molecular flexibility index (Phi) is 5.03. The second-order valence-electron chi connectivity index (χ2n) is 6.71. The van der Waals surface area contributed by atoms with Crippen molar-refractivity contribution in [3.05, 3.63) is 59.7 Å². The second kappa shape index (κ2) is 7.77. The van der Waals surface area contributed by atoms with Gasteiger partial charge in [0.2, 0.25) is 0 Å². The molecule has 0 radical (unpaired) electrons. The molecule has 3 heterocycles. The first-order valence-electron chi connectivity index (χ1n) is 9.14. The number of aromatic nitrogens is 3. The normalized spacial score (nSPS) is 15.4. The molecule has 0 spiro atoms. The molecule has 1 aromatic carbocycles. The summed E-state index contributed by atoms with van der Waals surface area (Å²) in [5, 5.41) is 11.9. The van der Waals surface area contributed by atoms with E-state index >= 15 is 0 Å². The van der Waals surface area contributed by atoms with Gasteiger partial charge in [-0.05, 0) is 17.5 Å². The van der Waals surface area contributed by atoms with Crippen LogP contribution in [0.4, 0.5) is 0 Å². The highest BCUT2D eigenvalue weighted by atomic mass is 16.5. The summed E-state index contributed by atoms with van der Waals surface area (Å²) in [5.41, 5.74) is 1.72. The molecule has 2 amide bonds. The maximum Gasteiger partial charge on any atom is 0.271 e. The lowest BCUT2D eigenvalue weighted by Crippen LogP contribution is -2.36. The van der Waals surface area contributed by atoms with Gasteiger partial charge in [0, 0.05) is 37.4 Å². The van der Waals surface area contributed by atoms with E-state index in [2.05, 4.69) is 20.7 Å².